The number of para-hydroxylation sites is 1. The molecule has 0 unspecified atom stereocenters. The van der Waals surface area contributed by atoms with Crippen LogP contribution >= 0.6 is 0 Å². The molecule has 0 aliphatic rings. The van der Waals surface area contributed by atoms with Crippen molar-refractivity contribution < 1.29 is 4.74 Å². The van der Waals surface area contributed by atoms with Gasteiger partial charge in [0.25, 0.3) is 0 Å². The van der Waals surface area contributed by atoms with Crippen LogP contribution in [0.3, 0.4) is 0 Å². The predicted molar refractivity (Wildman–Crippen MR) is 78.1 cm³/mol. The summed E-state index contributed by atoms with van der Waals surface area (Å²) in [6.45, 7) is 7.55. The quantitative estimate of drug-likeness (QED) is 0.636. The van der Waals surface area contributed by atoms with Gasteiger partial charge in [0, 0.05) is 0 Å². The maximum absolute atomic E-state index is 5.63. The smallest absolute Gasteiger partial charge is 0.119 e. The molecule has 0 saturated heterocycles. The monoisotopic (exact) mass is 249 g/mol. The van der Waals surface area contributed by atoms with E-state index in [1.54, 1.807) is 0 Å². The summed E-state index contributed by atoms with van der Waals surface area (Å²) in [4.78, 5) is 0. The van der Waals surface area contributed by atoms with Crippen molar-refractivity contribution in [1.29, 1.82) is 0 Å². The fraction of sp³-hybridized carbons (Fsp3) is 0.625. The number of hydrogen-bond donors (Lipinski definition) is 1. The van der Waals surface area contributed by atoms with E-state index in [9.17, 15) is 0 Å². The van der Waals surface area contributed by atoms with Gasteiger partial charge in [-0.1, -0.05) is 44.9 Å². The number of rotatable bonds is 10. The fourth-order valence-corrected chi connectivity index (χ4v) is 1.83. The Bertz CT molecular complexity index is 284. The first-order valence-corrected chi connectivity index (χ1v) is 7.17. The molecular weight excluding hydrogens is 222 g/mol. The van der Waals surface area contributed by atoms with E-state index in [2.05, 4.69) is 19.2 Å². The van der Waals surface area contributed by atoms with Gasteiger partial charge in [0.15, 0.2) is 0 Å². The molecule has 0 atom stereocenters. The lowest BCUT2D eigenvalue weighted by atomic mass is 10.1. The number of benzene rings is 1. The molecule has 0 aromatic heterocycles. The van der Waals surface area contributed by atoms with Crippen molar-refractivity contribution in [2.24, 2.45) is 5.92 Å². The van der Waals surface area contributed by atoms with Gasteiger partial charge in [0.05, 0.1) is 6.61 Å². The largest absolute Gasteiger partial charge is 0.494 e. The third kappa shape index (κ3) is 8.13. The molecule has 1 N–H and O–H groups in total. The fourth-order valence-electron chi connectivity index (χ4n) is 1.83. The summed E-state index contributed by atoms with van der Waals surface area (Å²) in [5, 5.41) is 3.47. The number of ether oxygens (including phenoxy) is 1. The van der Waals surface area contributed by atoms with Gasteiger partial charge in [0.1, 0.15) is 5.75 Å². The van der Waals surface area contributed by atoms with Gasteiger partial charge in [0.2, 0.25) is 0 Å². The van der Waals surface area contributed by atoms with Crippen LogP contribution in [0.5, 0.6) is 5.75 Å². The van der Waals surface area contributed by atoms with E-state index < -0.39 is 0 Å². The molecule has 2 heteroatoms. The maximum atomic E-state index is 5.63. The second kappa shape index (κ2) is 9.95. The van der Waals surface area contributed by atoms with Gasteiger partial charge in [-0.15, -0.1) is 0 Å². The summed E-state index contributed by atoms with van der Waals surface area (Å²) in [5.74, 6) is 1.80. The van der Waals surface area contributed by atoms with E-state index in [4.69, 9.17) is 4.74 Å². The minimum atomic E-state index is 0.795. The summed E-state index contributed by atoms with van der Waals surface area (Å²) in [6.07, 6.45) is 5.04. The molecule has 18 heavy (non-hydrogen) atoms. The van der Waals surface area contributed by atoms with E-state index in [1.165, 1.54) is 19.3 Å². The average Bonchev–Trinajstić information content (AvgIpc) is 2.37. The van der Waals surface area contributed by atoms with Crippen molar-refractivity contribution >= 4 is 0 Å². The molecule has 0 heterocycles. The lowest BCUT2D eigenvalue weighted by Crippen LogP contribution is -2.18. The zero-order valence-electron chi connectivity index (χ0n) is 11.8. The van der Waals surface area contributed by atoms with Crippen molar-refractivity contribution in [3.8, 4) is 5.75 Å². The van der Waals surface area contributed by atoms with Gasteiger partial charge in [-0.05, 0) is 44.0 Å². The van der Waals surface area contributed by atoms with Crippen LogP contribution in [-0.4, -0.2) is 19.7 Å². The zero-order valence-corrected chi connectivity index (χ0v) is 11.8. The molecule has 2 nitrogen and oxygen atoms in total. The third-order valence-corrected chi connectivity index (χ3v) is 2.89. The molecule has 102 valence electrons. The normalized spacial score (nSPS) is 10.8. The predicted octanol–water partition coefficient (Wildman–Crippen LogP) is 3.87. The van der Waals surface area contributed by atoms with Gasteiger partial charge in [-0.25, -0.2) is 0 Å². The van der Waals surface area contributed by atoms with Gasteiger partial charge in [-0.3, -0.25) is 0 Å². The first-order chi connectivity index (χ1) is 8.79. The number of nitrogens with one attached hydrogen (secondary N) is 1. The summed E-state index contributed by atoms with van der Waals surface area (Å²) in [5.41, 5.74) is 0. The molecule has 0 aliphatic heterocycles. The molecule has 1 aromatic rings. The molecule has 0 spiro atoms. The van der Waals surface area contributed by atoms with E-state index in [1.807, 2.05) is 30.3 Å². The summed E-state index contributed by atoms with van der Waals surface area (Å²) in [6, 6.07) is 10.0. The second-order valence-corrected chi connectivity index (χ2v) is 5.15. The molecule has 0 aliphatic carbocycles. The Morgan fingerprint density at radius 2 is 1.72 bits per heavy atom. The van der Waals surface area contributed by atoms with E-state index >= 15 is 0 Å². The topological polar surface area (TPSA) is 21.3 Å². The van der Waals surface area contributed by atoms with Crippen molar-refractivity contribution in [1.82, 2.24) is 5.32 Å². The Labute approximate surface area is 112 Å². The highest BCUT2D eigenvalue weighted by molar-refractivity contribution is 5.20. The van der Waals surface area contributed by atoms with Crippen LogP contribution in [0.25, 0.3) is 0 Å². The van der Waals surface area contributed by atoms with Crippen LogP contribution in [-0.2, 0) is 0 Å². The van der Waals surface area contributed by atoms with E-state index in [0.29, 0.717) is 0 Å². The van der Waals surface area contributed by atoms with Crippen LogP contribution in [0.2, 0.25) is 0 Å². The highest BCUT2D eigenvalue weighted by atomic mass is 16.5. The van der Waals surface area contributed by atoms with Crippen molar-refractivity contribution in [3.63, 3.8) is 0 Å². The van der Waals surface area contributed by atoms with E-state index in [-0.39, 0.29) is 0 Å². The Kier molecular flexibility index (Phi) is 8.32. The van der Waals surface area contributed by atoms with Crippen molar-refractivity contribution in [3.05, 3.63) is 30.3 Å². The summed E-state index contributed by atoms with van der Waals surface area (Å²) in [7, 11) is 0. The van der Waals surface area contributed by atoms with Gasteiger partial charge in [-0.2, -0.15) is 0 Å². The Balaban J connectivity index is 1.84. The van der Waals surface area contributed by atoms with Crippen LogP contribution in [0, 0.1) is 5.92 Å². The second-order valence-electron chi connectivity index (χ2n) is 5.15. The summed E-state index contributed by atoms with van der Waals surface area (Å²) >= 11 is 0. The minimum absolute atomic E-state index is 0.795. The SMILES string of the molecule is CC(C)CCCCNCCCOc1ccccc1. The Hall–Kier alpha value is -1.02. The molecule has 0 bridgehead atoms. The summed E-state index contributed by atoms with van der Waals surface area (Å²) < 4.78 is 5.63. The van der Waals surface area contributed by atoms with Crippen LogP contribution < -0.4 is 10.1 Å². The lowest BCUT2D eigenvalue weighted by Gasteiger charge is -2.07. The molecule has 0 amide bonds. The maximum Gasteiger partial charge on any atom is 0.119 e. The molecule has 0 saturated carbocycles. The highest BCUT2D eigenvalue weighted by Gasteiger charge is 1.94. The van der Waals surface area contributed by atoms with Gasteiger partial charge < -0.3 is 10.1 Å². The standard InChI is InChI=1S/C16H27NO/c1-15(2)9-6-7-12-17-13-8-14-18-16-10-4-3-5-11-16/h3-5,10-11,15,17H,6-9,12-14H2,1-2H3. The first-order valence-electron chi connectivity index (χ1n) is 7.17. The van der Waals surface area contributed by atoms with Crippen molar-refractivity contribution in [2.75, 3.05) is 19.7 Å². The zero-order chi connectivity index (χ0) is 13.1. The highest BCUT2D eigenvalue weighted by Crippen LogP contribution is 2.08. The minimum Gasteiger partial charge on any atom is -0.494 e. The van der Waals surface area contributed by atoms with Crippen LogP contribution in [0.1, 0.15) is 39.5 Å². The lowest BCUT2D eigenvalue weighted by molar-refractivity contribution is 0.308. The molecule has 0 fully saturated rings. The Morgan fingerprint density at radius 3 is 2.44 bits per heavy atom. The van der Waals surface area contributed by atoms with Crippen molar-refractivity contribution in [2.45, 2.75) is 39.5 Å². The average molecular weight is 249 g/mol. The van der Waals surface area contributed by atoms with E-state index in [0.717, 1.165) is 37.8 Å². The van der Waals surface area contributed by atoms with Crippen LogP contribution in [0.15, 0.2) is 30.3 Å². The Morgan fingerprint density at radius 1 is 1.00 bits per heavy atom. The molecular formula is C16H27NO. The number of hydrogen-bond acceptors (Lipinski definition) is 2. The molecule has 1 aromatic carbocycles. The first kappa shape index (κ1) is 15.0. The molecule has 1 rings (SSSR count). The van der Waals surface area contributed by atoms with Gasteiger partial charge >= 0.3 is 0 Å². The van der Waals surface area contributed by atoms with Crippen LogP contribution in [0.4, 0.5) is 0 Å². The third-order valence-electron chi connectivity index (χ3n) is 2.89. The molecule has 0 radical (unpaired) electrons. The number of unbranched alkanes of at least 4 members (excludes halogenated alkanes) is 1.